The number of hydrogen-bond donors (Lipinski definition) is 2. The first-order valence-electron chi connectivity index (χ1n) is 9.08. The van der Waals surface area contributed by atoms with E-state index in [1.165, 1.54) is 19.3 Å². The summed E-state index contributed by atoms with van der Waals surface area (Å²) in [5, 5.41) is 6.67. The van der Waals surface area contributed by atoms with Crippen LogP contribution < -0.4 is 10.6 Å². The fourth-order valence-electron chi connectivity index (χ4n) is 3.46. The van der Waals surface area contributed by atoms with Crippen molar-refractivity contribution in [3.05, 3.63) is 0 Å². The van der Waals surface area contributed by atoms with E-state index in [1.54, 1.807) is 7.05 Å². The molecule has 1 heterocycles. The summed E-state index contributed by atoms with van der Waals surface area (Å²) < 4.78 is 5.32. The summed E-state index contributed by atoms with van der Waals surface area (Å²) in [6, 6.07) is 0.292. The molecule has 2 rings (SSSR count). The van der Waals surface area contributed by atoms with Gasteiger partial charge < -0.3 is 20.3 Å². The van der Waals surface area contributed by atoms with E-state index in [0.29, 0.717) is 18.6 Å². The largest absolute Gasteiger partial charge is 0.380 e. The Morgan fingerprint density at radius 1 is 1.26 bits per heavy atom. The number of nitrogens with zero attached hydrogens (tertiary/aromatic N) is 2. The predicted molar refractivity (Wildman–Crippen MR) is 92.6 cm³/mol. The Hall–Kier alpha value is -1.30. The maximum Gasteiger partial charge on any atom is 0.225 e. The molecule has 6 nitrogen and oxygen atoms in total. The molecule has 1 atom stereocenters. The van der Waals surface area contributed by atoms with Crippen LogP contribution in [0.2, 0.25) is 0 Å². The van der Waals surface area contributed by atoms with Gasteiger partial charge in [0.25, 0.3) is 0 Å². The van der Waals surface area contributed by atoms with E-state index in [1.807, 2.05) is 11.8 Å². The Bertz CT molecular complexity index is 394. The van der Waals surface area contributed by atoms with Gasteiger partial charge in [-0.15, -0.1) is 0 Å². The van der Waals surface area contributed by atoms with Gasteiger partial charge in [-0.2, -0.15) is 0 Å². The molecule has 2 N–H and O–H groups in total. The summed E-state index contributed by atoms with van der Waals surface area (Å²) in [4.78, 5) is 18.9. The first-order valence-corrected chi connectivity index (χ1v) is 9.08. The maximum atomic E-state index is 12.6. The molecule has 0 aromatic heterocycles. The smallest absolute Gasteiger partial charge is 0.225 e. The van der Waals surface area contributed by atoms with Crippen LogP contribution in [0.3, 0.4) is 0 Å². The number of rotatable bonds is 6. The molecule has 6 heteroatoms. The van der Waals surface area contributed by atoms with Crippen LogP contribution in [0.15, 0.2) is 4.99 Å². The van der Waals surface area contributed by atoms with E-state index in [-0.39, 0.29) is 5.92 Å². The summed E-state index contributed by atoms with van der Waals surface area (Å²) in [7, 11) is 1.77. The fraction of sp³-hybridized carbons (Fsp3) is 0.882. The second-order valence-corrected chi connectivity index (χ2v) is 6.45. The molecule has 132 valence electrons. The van der Waals surface area contributed by atoms with Crippen LogP contribution >= 0.6 is 0 Å². The lowest BCUT2D eigenvalue weighted by atomic mass is 9.88. The van der Waals surface area contributed by atoms with Gasteiger partial charge in [-0.1, -0.05) is 19.3 Å². The van der Waals surface area contributed by atoms with Crippen LogP contribution in [0.4, 0.5) is 0 Å². The number of carbonyl (C=O) groups excluding carboxylic acids is 1. The highest BCUT2D eigenvalue weighted by atomic mass is 16.5. The lowest BCUT2D eigenvalue weighted by Gasteiger charge is -2.26. The third kappa shape index (κ3) is 5.68. The molecule has 1 saturated heterocycles. The number of amides is 1. The molecule has 0 bridgehead atoms. The standard InChI is InChI=1S/C17H32N4O2/c1-3-23-12-10-19-17(18-2)20-15-9-11-21(13-15)16(22)14-7-5-4-6-8-14/h14-15H,3-13H2,1-2H3,(H2,18,19,20). The summed E-state index contributed by atoms with van der Waals surface area (Å²) in [5.41, 5.74) is 0. The van der Waals surface area contributed by atoms with Gasteiger partial charge in [0.2, 0.25) is 5.91 Å². The molecule has 2 aliphatic rings. The van der Waals surface area contributed by atoms with Crippen molar-refractivity contribution in [3.63, 3.8) is 0 Å². The summed E-state index contributed by atoms with van der Waals surface area (Å²) in [6.45, 7) is 5.79. The minimum absolute atomic E-state index is 0.270. The first kappa shape index (κ1) is 18.0. The van der Waals surface area contributed by atoms with Crippen LogP contribution in [0, 0.1) is 5.92 Å². The highest BCUT2D eigenvalue weighted by molar-refractivity contribution is 5.81. The van der Waals surface area contributed by atoms with E-state index in [2.05, 4.69) is 15.6 Å². The van der Waals surface area contributed by atoms with Gasteiger partial charge in [0.15, 0.2) is 5.96 Å². The zero-order chi connectivity index (χ0) is 16.5. The van der Waals surface area contributed by atoms with Crippen molar-refractivity contribution >= 4 is 11.9 Å². The zero-order valence-electron chi connectivity index (χ0n) is 14.6. The number of carbonyl (C=O) groups is 1. The molecule has 23 heavy (non-hydrogen) atoms. The van der Waals surface area contributed by atoms with Crippen molar-refractivity contribution in [1.82, 2.24) is 15.5 Å². The number of hydrogen-bond acceptors (Lipinski definition) is 3. The SMILES string of the molecule is CCOCCNC(=NC)NC1CCN(C(=O)C2CCCCC2)C1. The lowest BCUT2D eigenvalue weighted by Crippen LogP contribution is -2.46. The highest BCUT2D eigenvalue weighted by Crippen LogP contribution is 2.26. The minimum Gasteiger partial charge on any atom is -0.380 e. The zero-order valence-corrected chi connectivity index (χ0v) is 14.6. The van der Waals surface area contributed by atoms with Crippen LogP contribution in [-0.4, -0.2) is 62.7 Å². The quantitative estimate of drug-likeness (QED) is 0.440. The molecule has 2 fully saturated rings. The second kappa shape index (κ2) is 9.75. The summed E-state index contributed by atoms with van der Waals surface area (Å²) in [5.74, 6) is 1.43. The van der Waals surface area contributed by atoms with Crippen molar-refractivity contribution in [2.45, 2.75) is 51.5 Å². The van der Waals surface area contributed by atoms with Crippen molar-refractivity contribution in [2.24, 2.45) is 10.9 Å². The number of ether oxygens (including phenoxy) is 1. The molecule has 1 aliphatic carbocycles. The fourth-order valence-corrected chi connectivity index (χ4v) is 3.46. The predicted octanol–water partition coefficient (Wildman–Crippen LogP) is 1.37. The lowest BCUT2D eigenvalue weighted by molar-refractivity contribution is -0.135. The van der Waals surface area contributed by atoms with Crippen LogP contribution in [0.1, 0.15) is 45.4 Å². The Morgan fingerprint density at radius 2 is 2.04 bits per heavy atom. The number of aliphatic imine (C=N–C) groups is 1. The van der Waals surface area contributed by atoms with Crippen molar-refractivity contribution in [2.75, 3.05) is 39.9 Å². The highest BCUT2D eigenvalue weighted by Gasteiger charge is 2.31. The molecule has 0 aromatic rings. The molecule has 1 unspecified atom stereocenters. The average molecular weight is 324 g/mol. The third-order valence-electron chi connectivity index (χ3n) is 4.76. The number of nitrogens with one attached hydrogen (secondary N) is 2. The van der Waals surface area contributed by atoms with Crippen molar-refractivity contribution in [1.29, 1.82) is 0 Å². The molecule has 0 radical (unpaired) electrons. The van der Waals surface area contributed by atoms with E-state index in [9.17, 15) is 4.79 Å². The molecule has 1 aliphatic heterocycles. The van der Waals surface area contributed by atoms with Crippen LogP contribution in [0.5, 0.6) is 0 Å². The van der Waals surface area contributed by atoms with E-state index in [0.717, 1.165) is 51.5 Å². The number of likely N-dealkylation sites (tertiary alicyclic amines) is 1. The van der Waals surface area contributed by atoms with Crippen LogP contribution in [-0.2, 0) is 9.53 Å². The van der Waals surface area contributed by atoms with Gasteiger partial charge in [-0.3, -0.25) is 9.79 Å². The monoisotopic (exact) mass is 324 g/mol. The summed E-state index contributed by atoms with van der Waals surface area (Å²) in [6.07, 6.45) is 6.86. The van der Waals surface area contributed by atoms with Gasteiger partial charge in [0.1, 0.15) is 0 Å². The van der Waals surface area contributed by atoms with Gasteiger partial charge >= 0.3 is 0 Å². The third-order valence-corrected chi connectivity index (χ3v) is 4.76. The van der Waals surface area contributed by atoms with E-state index in [4.69, 9.17) is 4.74 Å². The molecule has 0 spiro atoms. The van der Waals surface area contributed by atoms with Crippen LogP contribution in [0.25, 0.3) is 0 Å². The topological polar surface area (TPSA) is 66.0 Å². The minimum atomic E-state index is 0.270. The summed E-state index contributed by atoms with van der Waals surface area (Å²) >= 11 is 0. The Morgan fingerprint density at radius 3 is 2.74 bits per heavy atom. The Labute approximate surface area is 140 Å². The van der Waals surface area contributed by atoms with E-state index < -0.39 is 0 Å². The number of guanidine groups is 1. The average Bonchev–Trinajstić information content (AvgIpc) is 3.06. The Balaban J connectivity index is 1.72. The molecular weight excluding hydrogens is 292 g/mol. The van der Waals surface area contributed by atoms with Gasteiger partial charge in [-0.05, 0) is 26.2 Å². The maximum absolute atomic E-state index is 12.6. The molecule has 1 amide bonds. The van der Waals surface area contributed by atoms with Gasteiger partial charge in [-0.25, -0.2) is 0 Å². The second-order valence-electron chi connectivity index (χ2n) is 6.45. The molecular formula is C17H32N4O2. The van der Waals surface area contributed by atoms with E-state index >= 15 is 0 Å². The molecule has 0 aromatic carbocycles. The first-order chi connectivity index (χ1) is 11.2. The Kier molecular flexibility index (Phi) is 7.65. The normalized spacial score (nSPS) is 23.1. The van der Waals surface area contributed by atoms with Gasteiger partial charge in [0.05, 0.1) is 6.61 Å². The van der Waals surface area contributed by atoms with Crippen molar-refractivity contribution < 1.29 is 9.53 Å². The van der Waals surface area contributed by atoms with Gasteiger partial charge in [0, 0.05) is 45.2 Å². The molecule has 1 saturated carbocycles. The van der Waals surface area contributed by atoms with Crippen molar-refractivity contribution in [3.8, 4) is 0 Å².